The van der Waals surface area contributed by atoms with Crippen LogP contribution in [-0.4, -0.2) is 29.8 Å². The summed E-state index contributed by atoms with van der Waals surface area (Å²) in [6.45, 7) is 2.19. The molecule has 1 aliphatic heterocycles. The standard InChI is InChI=1S/C11H16N2O/c14-9-11(3-5-13-8-11)6-10-2-1-4-12-7-10/h1-2,4,7,13-14H,3,5-6,8-9H2. The van der Waals surface area contributed by atoms with Crippen molar-refractivity contribution in [2.45, 2.75) is 12.8 Å². The van der Waals surface area contributed by atoms with Gasteiger partial charge in [0, 0.05) is 24.4 Å². The first kappa shape index (κ1) is 9.62. The highest BCUT2D eigenvalue weighted by atomic mass is 16.3. The summed E-state index contributed by atoms with van der Waals surface area (Å²) in [7, 11) is 0. The van der Waals surface area contributed by atoms with Gasteiger partial charge >= 0.3 is 0 Å². The average molecular weight is 192 g/mol. The van der Waals surface area contributed by atoms with Crippen LogP contribution in [0.5, 0.6) is 0 Å². The molecule has 0 bridgehead atoms. The highest BCUT2D eigenvalue weighted by Gasteiger charge is 2.33. The van der Waals surface area contributed by atoms with Crippen molar-refractivity contribution in [1.29, 1.82) is 0 Å². The van der Waals surface area contributed by atoms with Crippen molar-refractivity contribution >= 4 is 0 Å². The van der Waals surface area contributed by atoms with Gasteiger partial charge in [0.15, 0.2) is 0 Å². The Hall–Kier alpha value is -0.930. The van der Waals surface area contributed by atoms with E-state index in [1.54, 1.807) is 6.20 Å². The summed E-state index contributed by atoms with van der Waals surface area (Å²) >= 11 is 0. The van der Waals surface area contributed by atoms with Gasteiger partial charge in [0.25, 0.3) is 0 Å². The minimum atomic E-state index is 0.0447. The fourth-order valence-corrected chi connectivity index (χ4v) is 2.07. The molecule has 0 aliphatic carbocycles. The number of nitrogens with zero attached hydrogens (tertiary/aromatic N) is 1. The van der Waals surface area contributed by atoms with E-state index in [0.717, 1.165) is 25.9 Å². The first-order valence-corrected chi connectivity index (χ1v) is 5.05. The Balaban J connectivity index is 2.08. The third-order valence-electron chi connectivity index (χ3n) is 2.97. The second kappa shape index (κ2) is 4.07. The number of pyridine rings is 1. The fourth-order valence-electron chi connectivity index (χ4n) is 2.07. The molecule has 3 nitrogen and oxygen atoms in total. The molecule has 1 atom stereocenters. The zero-order valence-corrected chi connectivity index (χ0v) is 8.24. The quantitative estimate of drug-likeness (QED) is 0.737. The molecule has 1 aromatic rings. The zero-order valence-electron chi connectivity index (χ0n) is 8.24. The molecule has 1 unspecified atom stereocenters. The number of aromatic nitrogens is 1. The molecule has 1 aromatic heterocycles. The van der Waals surface area contributed by atoms with Gasteiger partial charge < -0.3 is 10.4 Å². The van der Waals surface area contributed by atoms with Gasteiger partial charge in [-0.3, -0.25) is 4.98 Å². The van der Waals surface area contributed by atoms with E-state index in [0.29, 0.717) is 0 Å². The van der Waals surface area contributed by atoms with Crippen LogP contribution in [0.4, 0.5) is 0 Å². The van der Waals surface area contributed by atoms with Gasteiger partial charge in [0.2, 0.25) is 0 Å². The van der Waals surface area contributed by atoms with Crippen LogP contribution in [0.3, 0.4) is 0 Å². The van der Waals surface area contributed by atoms with E-state index < -0.39 is 0 Å². The zero-order chi connectivity index (χ0) is 9.86. The summed E-state index contributed by atoms with van der Waals surface area (Å²) in [6, 6.07) is 4.02. The van der Waals surface area contributed by atoms with Crippen LogP contribution in [0, 0.1) is 5.41 Å². The topological polar surface area (TPSA) is 45.2 Å². The van der Waals surface area contributed by atoms with E-state index in [2.05, 4.69) is 16.4 Å². The van der Waals surface area contributed by atoms with Crippen molar-refractivity contribution in [3.8, 4) is 0 Å². The molecular weight excluding hydrogens is 176 g/mol. The third kappa shape index (κ3) is 1.94. The minimum absolute atomic E-state index is 0.0447. The molecule has 0 amide bonds. The molecule has 0 aromatic carbocycles. The molecule has 0 saturated carbocycles. The van der Waals surface area contributed by atoms with E-state index in [-0.39, 0.29) is 12.0 Å². The third-order valence-corrected chi connectivity index (χ3v) is 2.97. The summed E-state index contributed by atoms with van der Waals surface area (Å²) in [5.41, 5.74) is 1.26. The van der Waals surface area contributed by atoms with E-state index in [9.17, 15) is 5.11 Å². The van der Waals surface area contributed by atoms with E-state index in [1.165, 1.54) is 5.56 Å². The lowest BCUT2D eigenvalue weighted by atomic mass is 9.82. The number of aliphatic hydroxyl groups is 1. The lowest BCUT2D eigenvalue weighted by Crippen LogP contribution is -2.30. The summed E-state index contributed by atoms with van der Waals surface area (Å²) in [6.07, 6.45) is 5.64. The SMILES string of the molecule is OCC1(Cc2cccnc2)CCNC1. The number of nitrogens with one attached hydrogen (secondary N) is 1. The largest absolute Gasteiger partial charge is 0.396 e. The van der Waals surface area contributed by atoms with Crippen molar-refractivity contribution in [2.75, 3.05) is 19.7 Å². The van der Waals surface area contributed by atoms with Crippen LogP contribution in [0.1, 0.15) is 12.0 Å². The Morgan fingerprint density at radius 1 is 1.57 bits per heavy atom. The molecule has 0 spiro atoms. The molecule has 2 heterocycles. The van der Waals surface area contributed by atoms with Crippen molar-refractivity contribution < 1.29 is 5.11 Å². The average Bonchev–Trinajstić information content (AvgIpc) is 2.69. The van der Waals surface area contributed by atoms with Gasteiger partial charge in [-0.2, -0.15) is 0 Å². The van der Waals surface area contributed by atoms with Crippen LogP contribution in [0.2, 0.25) is 0 Å². The fraction of sp³-hybridized carbons (Fsp3) is 0.545. The Labute approximate surface area is 84.2 Å². The Morgan fingerprint density at radius 2 is 2.50 bits per heavy atom. The lowest BCUT2D eigenvalue weighted by Gasteiger charge is -2.25. The number of rotatable bonds is 3. The van der Waals surface area contributed by atoms with Crippen molar-refractivity contribution in [1.82, 2.24) is 10.3 Å². The number of hydrogen-bond donors (Lipinski definition) is 2. The first-order chi connectivity index (χ1) is 6.85. The van der Waals surface area contributed by atoms with Crippen LogP contribution >= 0.6 is 0 Å². The predicted molar refractivity (Wildman–Crippen MR) is 54.9 cm³/mol. The van der Waals surface area contributed by atoms with Gasteiger partial charge in [-0.1, -0.05) is 6.07 Å². The van der Waals surface area contributed by atoms with Gasteiger partial charge in [0.05, 0.1) is 6.61 Å². The van der Waals surface area contributed by atoms with E-state index in [4.69, 9.17) is 0 Å². The van der Waals surface area contributed by atoms with Gasteiger partial charge in [-0.05, 0) is 31.0 Å². The van der Waals surface area contributed by atoms with Crippen LogP contribution in [0.25, 0.3) is 0 Å². The molecule has 1 aliphatic rings. The van der Waals surface area contributed by atoms with Crippen molar-refractivity contribution in [2.24, 2.45) is 5.41 Å². The smallest absolute Gasteiger partial charge is 0.0503 e. The monoisotopic (exact) mass is 192 g/mol. The number of hydrogen-bond acceptors (Lipinski definition) is 3. The molecule has 76 valence electrons. The molecule has 1 saturated heterocycles. The summed E-state index contributed by atoms with van der Waals surface area (Å²) in [5, 5.41) is 12.7. The van der Waals surface area contributed by atoms with Gasteiger partial charge in [-0.15, -0.1) is 0 Å². The van der Waals surface area contributed by atoms with E-state index in [1.807, 2.05) is 12.3 Å². The predicted octanol–water partition coefficient (Wildman–Crippen LogP) is 0.596. The first-order valence-electron chi connectivity index (χ1n) is 5.05. The Bertz CT molecular complexity index is 281. The van der Waals surface area contributed by atoms with Gasteiger partial charge in [0.1, 0.15) is 0 Å². The molecule has 0 radical (unpaired) electrons. The van der Waals surface area contributed by atoms with E-state index >= 15 is 0 Å². The molecule has 14 heavy (non-hydrogen) atoms. The summed E-state index contributed by atoms with van der Waals surface area (Å²) in [4.78, 5) is 4.09. The maximum absolute atomic E-state index is 9.42. The summed E-state index contributed by atoms with van der Waals surface area (Å²) in [5.74, 6) is 0. The van der Waals surface area contributed by atoms with Crippen molar-refractivity contribution in [3.05, 3.63) is 30.1 Å². The molecule has 2 N–H and O–H groups in total. The highest BCUT2D eigenvalue weighted by molar-refractivity contribution is 5.12. The maximum atomic E-state index is 9.42. The molecule has 2 rings (SSSR count). The molecule has 3 heteroatoms. The summed E-state index contributed by atoms with van der Waals surface area (Å²) < 4.78 is 0. The normalized spacial score (nSPS) is 26.6. The van der Waals surface area contributed by atoms with Crippen LogP contribution in [-0.2, 0) is 6.42 Å². The molecular formula is C11H16N2O. The van der Waals surface area contributed by atoms with Crippen LogP contribution < -0.4 is 5.32 Å². The second-order valence-corrected chi connectivity index (χ2v) is 4.12. The second-order valence-electron chi connectivity index (χ2n) is 4.12. The van der Waals surface area contributed by atoms with Gasteiger partial charge in [-0.25, -0.2) is 0 Å². The Kier molecular flexibility index (Phi) is 2.79. The Morgan fingerprint density at radius 3 is 3.07 bits per heavy atom. The minimum Gasteiger partial charge on any atom is -0.396 e. The highest BCUT2D eigenvalue weighted by Crippen LogP contribution is 2.28. The van der Waals surface area contributed by atoms with Crippen LogP contribution in [0.15, 0.2) is 24.5 Å². The molecule has 1 fully saturated rings. The lowest BCUT2D eigenvalue weighted by molar-refractivity contribution is 0.143. The maximum Gasteiger partial charge on any atom is 0.0503 e. The number of aliphatic hydroxyl groups excluding tert-OH is 1. The van der Waals surface area contributed by atoms with Crippen molar-refractivity contribution in [3.63, 3.8) is 0 Å².